The summed E-state index contributed by atoms with van der Waals surface area (Å²) in [6.45, 7) is 4.35. The van der Waals surface area contributed by atoms with Crippen molar-refractivity contribution in [3.05, 3.63) is 35.0 Å². The van der Waals surface area contributed by atoms with E-state index in [-0.39, 0.29) is 6.61 Å². The van der Waals surface area contributed by atoms with Crippen LogP contribution in [0, 0.1) is 6.92 Å². The van der Waals surface area contributed by atoms with Gasteiger partial charge in [0.05, 0.1) is 6.61 Å². The topological polar surface area (TPSA) is 25.2 Å². The van der Waals surface area contributed by atoms with Gasteiger partial charge in [-0.1, -0.05) is 13.0 Å². The predicted octanol–water partition coefficient (Wildman–Crippen LogP) is 2.54. The van der Waals surface area contributed by atoms with Gasteiger partial charge in [-0.3, -0.25) is 0 Å². The van der Waals surface area contributed by atoms with Crippen molar-refractivity contribution in [3.8, 4) is 0 Å². The Morgan fingerprint density at radius 2 is 2.07 bits per heavy atom. The summed E-state index contributed by atoms with van der Waals surface area (Å²) in [5, 5.41) is 10.6. The number of benzene rings is 1. The fourth-order valence-electron chi connectivity index (χ4n) is 2.17. The van der Waals surface area contributed by atoms with E-state index < -0.39 is 0 Å². The minimum absolute atomic E-state index is 0.110. The second kappa shape index (κ2) is 3.70. The summed E-state index contributed by atoms with van der Waals surface area (Å²) in [5.74, 6) is 0. The van der Waals surface area contributed by atoms with Gasteiger partial charge in [-0.15, -0.1) is 0 Å². The molecule has 2 heteroatoms. The van der Waals surface area contributed by atoms with E-state index in [4.69, 9.17) is 0 Å². The third-order valence-electron chi connectivity index (χ3n) is 3.22. The van der Waals surface area contributed by atoms with Crippen LogP contribution >= 0.6 is 0 Å². The smallest absolute Gasteiger partial charge is 0.0835 e. The van der Waals surface area contributed by atoms with Gasteiger partial charge in [0.15, 0.2) is 0 Å². The summed E-state index contributed by atoms with van der Waals surface area (Å²) in [5.41, 5.74) is 4.76. The van der Waals surface area contributed by atoms with E-state index in [0.29, 0.717) is 0 Å². The molecule has 15 heavy (non-hydrogen) atoms. The van der Waals surface area contributed by atoms with Crippen molar-refractivity contribution >= 4 is 10.9 Å². The molecule has 1 N–H and O–H groups in total. The van der Waals surface area contributed by atoms with E-state index in [9.17, 15) is 5.11 Å². The van der Waals surface area contributed by atoms with Crippen LogP contribution in [0.2, 0.25) is 0 Å². The molecule has 2 aromatic rings. The minimum atomic E-state index is 0.110. The average Bonchev–Trinajstić information content (AvgIpc) is 2.51. The summed E-state index contributed by atoms with van der Waals surface area (Å²) in [7, 11) is 2.01. The van der Waals surface area contributed by atoms with E-state index in [0.717, 1.165) is 12.1 Å². The summed E-state index contributed by atoms with van der Waals surface area (Å²) in [6.07, 6.45) is 1.05. The summed E-state index contributed by atoms with van der Waals surface area (Å²) in [6, 6.07) is 6.52. The lowest BCUT2D eigenvalue weighted by Gasteiger charge is -2.01. The zero-order valence-electron chi connectivity index (χ0n) is 9.54. The van der Waals surface area contributed by atoms with Crippen LogP contribution in [0.15, 0.2) is 18.2 Å². The Morgan fingerprint density at radius 3 is 2.67 bits per heavy atom. The molecule has 2 nitrogen and oxygen atoms in total. The predicted molar refractivity (Wildman–Crippen MR) is 63.0 cm³/mol. The average molecular weight is 203 g/mol. The number of hydrogen-bond donors (Lipinski definition) is 1. The van der Waals surface area contributed by atoms with Gasteiger partial charge in [0, 0.05) is 23.6 Å². The third-order valence-corrected chi connectivity index (χ3v) is 3.22. The number of aliphatic hydroxyl groups excluding tert-OH is 1. The Labute approximate surface area is 90.2 Å². The largest absolute Gasteiger partial charge is 0.390 e. The molecule has 2 rings (SSSR count). The minimum Gasteiger partial charge on any atom is -0.390 e. The molecule has 0 bridgehead atoms. The van der Waals surface area contributed by atoms with E-state index >= 15 is 0 Å². The van der Waals surface area contributed by atoms with Gasteiger partial charge in [0.2, 0.25) is 0 Å². The molecular weight excluding hydrogens is 186 g/mol. The summed E-state index contributed by atoms with van der Waals surface area (Å²) >= 11 is 0. The maximum atomic E-state index is 9.31. The lowest BCUT2D eigenvalue weighted by molar-refractivity contribution is 0.272. The van der Waals surface area contributed by atoms with Gasteiger partial charge in [-0.05, 0) is 36.6 Å². The van der Waals surface area contributed by atoms with Crippen molar-refractivity contribution in [2.75, 3.05) is 0 Å². The molecule has 0 aliphatic rings. The van der Waals surface area contributed by atoms with Crippen molar-refractivity contribution in [2.45, 2.75) is 26.9 Å². The van der Waals surface area contributed by atoms with Gasteiger partial charge in [0.1, 0.15) is 0 Å². The third kappa shape index (κ3) is 1.45. The molecular formula is C13H17NO. The van der Waals surface area contributed by atoms with Crippen molar-refractivity contribution < 1.29 is 5.11 Å². The van der Waals surface area contributed by atoms with E-state index in [1.165, 1.54) is 22.0 Å². The molecule has 1 aromatic heterocycles. The lowest BCUT2D eigenvalue weighted by atomic mass is 10.1. The standard InChI is InChI=1S/C13H17NO/c1-4-10-5-6-12-11(7-10)9(2)13(8-15)14(12)3/h5-7,15H,4,8H2,1-3H3. The Kier molecular flexibility index (Phi) is 2.53. The van der Waals surface area contributed by atoms with Gasteiger partial charge in [-0.2, -0.15) is 0 Å². The number of hydrogen-bond acceptors (Lipinski definition) is 1. The van der Waals surface area contributed by atoms with Gasteiger partial charge in [0.25, 0.3) is 0 Å². The lowest BCUT2D eigenvalue weighted by Crippen LogP contribution is -1.96. The van der Waals surface area contributed by atoms with Gasteiger partial charge < -0.3 is 9.67 Å². The number of aryl methyl sites for hydroxylation is 3. The van der Waals surface area contributed by atoms with Crippen LogP contribution in [-0.4, -0.2) is 9.67 Å². The number of fused-ring (bicyclic) bond motifs is 1. The van der Waals surface area contributed by atoms with E-state index in [1.807, 2.05) is 7.05 Å². The first-order valence-corrected chi connectivity index (χ1v) is 5.36. The molecule has 0 spiro atoms. The molecule has 0 fully saturated rings. The van der Waals surface area contributed by atoms with Crippen LogP contribution in [0.3, 0.4) is 0 Å². The molecule has 0 aliphatic heterocycles. The Morgan fingerprint density at radius 1 is 1.33 bits per heavy atom. The Balaban J connectivity index is 2.77. The van der Waals surface area contributed by atoms with Crippen LogP contribution < -0.4 is 0 Å². The van der Waals surface area contributed by atoms with Crippen molar-refractivity contribution in [3.63, 3.8) is 0 Å². The monoisotopic (exact) mass is 203 g/mol. The van der Waals surface area contributed by atoms with Crippen LogP contribution in [0.25, 0.3) is 10.9 Å². The van der Waals surface area contributed by atoms with Crippen LogP contribution in [0.5, 0.6) is 0 Å². The highest BCUT2D eigenvalue weighted by molar-refractivity contribution is 5.85. The van der Waals surface area contributed by atoms with Crippen LogP contribution in [0.4, 0.5) is 0 Å². The maximum Gasteiger partial charge on any atom is 0.0835 e. The molecule has 0 saturated heterocycles. The van der Waals surface area contributed by atoms with Crippen LogP contribution in [-0.2, 0) is 20.1 Å². The summed E-state index contributed by atoms with van der Waals surface area (Å²) < 4.78 is 2.07. The van der Waals surface area contributed by atoms with Gasteiger partial charge >= 0.3 is 0 Å². The van der Waals surface area contributed by atoms with Gasteiger partial charge in [-0.25, -0.2) is 0 Å². The Hall–Kier alpha value is -1.28. The first-order valence-electron chi connectivity index (χ1n) is 5.36. The quantitative estimate of drug-likeness (QED) is 0.797. The fraction of sp³-hybridized carbons (Fsp3) is 0.385. The maximum absolute atomic E-state index is 9.31. The number of aliphatic hydroxyl groups is 1. The van der Waals surface area contributed by atoms with Crippen LogP contribution in [0.1, 0.15) is 23.7 Å². The molecule has 0 saturated carbocycles. The van der Waals surface area contributed by atoms with Crippen molar-refractivity contribution in [1.29, 1.82) is 0 Å². The SMILES string of the molecule is CCc1ccc2c(c1)c(C)c(CO)n2C. The highest BCUT2D eigenvalue weighted by Crippen LogP contribution is 2.25. The summed E-state index contributed by atoms with van der Waals surface area (Å²) in [4.78, 5) is 0. The highest BCUT2D eigenvalue weighted by atomic mass is 16.3. The molecule has 0 unspecified atom stereocenters. The molecule has 0 aliphatic carbocycles. The molecule has 1 aromatic carbocycles. The van der Waals surface area contributed by atoms with Crippen molar-refractivity contribution in [1.82, 2.24) is 4.57 Å². The zero-order valence-corrected chi connectivity index (χ0v) is 9.54. The molecule has 0 atom stereocenters. The normalized spacial score (nSPS) is 11.2. The molecule has 1 heterocycles. The first kappa shape index (κ1) is 10.2. The molecule has 80 valence electrons. The second-order valence-electron chi connectivity index (χ2n) is 3.99. The second-order valence-corrected chi connectivity index (χ2v) is 3.99. The Bertz CT molecular complexity index is 497. The highest BCUT2D eigenvalue weighted by Gasteiger charge is 2.10. The first-order chi connectivity index (χ1) is 7.19. The molecule has 0 radical (unpaired) electrons. The van der Waals surface area contributed by atoms with Crippen molar-refractivity contribution in [2.24, 2.45) is 7.05 Å². The van der Waals surface area contributed by atoms with E-state index in [1.54, 1.807) is 0 Å². The zero-order chi connectivity index (χ0) is 11.0. The number of nitrogens with zero attached hydrogens (tertiary/aromatic N) is 1. The number of aromatic nitrogens is 1. The number of rotatable bonds is 2. The fourth-order valence-corrected chi connectivity index (χ4v) is 2.17. The van der Waals surface area contributed by atoms with E-state index in [2.05, 4.69) is 36.6 Å². The molecule has 0 amide bonds.